The van der Waals surface area contributed by atoms with Gasteiger partial charge in [-0.2, -0.15) is 0 Å². The molecule has 6 heteroatoms. The molecule has 0 radical (unpaired) electrons. The van der Waals surface area contributed by atoms with Crippen LogP contribution in [-0.4, -0.2) is 41.9 Å². The Morgan fingerprint density at radius 2 is 1.87 bits per heavy atom. The van der Waals surface area contributed by atoms with Crippen LogP contribution in [-0.2, 0) is 17.8 Å². The number of amides is 2. The van der Waals surface area contributed by atoms with Gasteiger partial charge in [-0.1, -0.05) is 37.6 Å². The molecule has 0 spiro atoms. The van der Waals surface area contributed by atoms with E-state index in [0.29, 0.717) is 37.3 Å². The molecule has 2 amide bonds. The van der Waals surface area contributed by atoms with Crippen molar-refractivity contribution in [2.24, 2.45) is 0 Å². The van der Waals surface area contributed by atoms with Gasteiger partial charge in [-0.25, -0.2) is 0 Å². The van der Waals surface area contributed by atoms with Crippen LogP contribution in [0.2, 0.25) is 0 Å². The fourth-order valence-electron chi connectivity index (χ4n) is 3.60. The number of hydrogen-bond donors (Lipinski definition) is 0. The van der Waals surface area contributed by atoms with Crippen LogP contribution < -0.4 is 10.3 Å². The minimum atomic E-state index is -0.420. The zero-order chi connectivity index (χ0) is 23.6. The molecule has 1 rings (SSSR count). The van der Waals surface area contributed by atoms with Crippen LogP contribution in [0.15, 0.2) is 42.3 Å². The second kappa shape index (κ2) is 12.7. The van der Waals surface area contributed by atoms with Gasteiger partial charge in [0, 0.05) is 37.9 Å². The molecule has 0 fully saturated rings. The average molecular weight is 428 g/mol. The number of anilines is 1. The molecule has 1 aromatic heterocycles. The fraction of sp³-hybridized carbons (Fsp3) is 0.480. The highest BCUT2D eigenvalue weighted by Gasteiger charge is 2.29. The summed E-state index contributed by atoms with van der Waals surface area (Å²) >= 11 is 0. The van der Waals surface area contributed by atoms with Gasteiger partial charge in [-0.15, -0.1) is 13.2 Å². The van der Waals surface area contributed by atoms with E-state index >= 15 is 0 Å². The Hall–Kier alpha value is -2.89. The molecule has 170 valence electrons. The second-order valence-electron chi connectivity index (χ2n) is 7.95. The van der Waals surface area contributed by atoms with Crippen molar-refractivity contribution in [2.75, 3.05) is 25.0 Å². The number of carbonyl (C=O) groups excluding carboxylic acids is 2. The van der Waals surface area contributed by atoms with Gasteiger partial charge < -0.3 is 9.47 Å². The van der Waals surface area contributed by atoms with Crippen molar-refractivity contribution < 1.29 is 9.59 Å². The molecular weight excluding hydrogens is 390 g/mol. The number of pyridine rings is 1. The Kier molecular flexibility index (Phi) is 10.7. The van der Waals surface area contributed by atoms with E-state index in [1.807, 2.05) is 17.6 Å². The molecule has 0 unspecified atom stereocenters. The molecule has 0 aliphatic heterocycles. The largest absolute Gasteiger partial charge is 0.338 e. The zero-order valence-corrected chi connectivity index (χ0v) is 19.6. The van der Waals surface area contributed by atoms with Crippen molar-refractivity contribution in [1.82, 2.24) is 9.47 Å². The summed E-state index contributed by atoms with van der Waals surface area (Å²) in [6, 6.07) is 0. The van der Waals surface area contributed by atoms with Crippen LogP contribution in [0.4, 0.5) is 5.82 Å². The lowest BCUT2D eigenvalue weighted by Crippen LogP contribution is -2.39. The van der Waals surface area contributed by atoms with Gasteiger partial charge >= 0.3 is 0 Å². The summed E-state index contributed by atoms with van der Waals surface area (Å²) in [7, 11) is 1.62. The van der Waals surface area contributed by atoms with Gasteiger partial charge in [0.15, 0.2) is 5.43 Å². The third-order valence-corrected chi connectivity index (χ3v) is 5.17. The number of carbonyl (C=O) groups is 2. The molecule has 1 heterocycles. The number of likely N-dealkylation sites (N-methyl/N-ethyl adjacent to an activating group) is 1. The van der Waals surface area contributed by atoms with Crippen LogP contribution in [0, 0.1) is 6.92 Å². The third-order valence-electron chi connectivity index (χ3n) is 5.17. The number of unbranched alkanes of at least 4 members (excludes halogenated alkanes) is 2. The van der Waals surface area contributed by atoms with Crippen molar-refractivity contribution in [1.29, 1.82) is 0 Å². The maximum atomic E-state index is 13.4. The highest BCUT2D eigenvalue weighted by Crippen LogP contribution is 2.26. The minimum Gasteiger partial charge on any atom is -0.338 e. The van der Waals surface area contributed by atoms with Crippen LogP contribution in [0.5, 0.6) is 0 Å². The van der Waals surface area contributed by atoms with Crippen LogP contribution >= 0.6 is 0 Å². The smallest absolute Gasteiger partial charge is 0.261 e. The molecule has 1 aromatic rings. The Bertz CT molecular complexity index is 883. The van der Waals surface area contributed by atoms with Crippen LogP contribution in [0.3, 0.4) is 0 Å². The molecule has 0 aliphatic carbocycles. The summed E-state index contributed by atoms with van der Waals surface area (Å²) in [5.74, 6) is -0.0687. The highest BCUT2D eigenvalue weighted by atomic mass is 16.2. The summed E-state index contributed by atoms with van der Waals surface area (Å²) in [4.78, 5) is 41.8. The van der Waals surface area contributed by atoms with Crippen molar-refractivity contribution in [3.63, 3.8) is 0 Å². The minimum absolute atomic E-state index is 0.0223. The number of nitrogens with zero attached hydrogens (tertiary/aromatic N) is 3. The molecule has 0 saturated heterocycles. The molecule has 6 nitrogen and oxygen atoms in total. The van der Waals surface area contributed by atoms with Gasteiger partial charge in [0.05, 0.1) is 0 Å². The monoisotopic (exact) mass is 427 g/mol. The lowest BCUT2D eigenvalue weighted by molar-refractivity contribution is -0.107. The molecule has 0 aliphatic rings. The summed E-state index contributed by atoms with van der Waals surface area (Å²) in [6.07, 6.45) is 8.29. The van der Waals surface area contributed by atoms with Gasteiger partial charge in [0.2, 0.25) is 6.41 Å². The highest BCUT2D eigenvalue weighted by molar-refractivity contribution is 6.01. The Morgan fingerprint density at radius 3 is 2.39 bits per heavy atom. The predicted molar refractivity (Wildman–Crippen MR) is 129 cm³/mol. The maximum Gasteiger partial charge on any atom is 0.261 e. The van der Waals surface area contributed by atoms with E-state index in [1.165, 1.54) is 9.80 Å². The van der Waals surface area contributed by atoms with Crippen LogP contribution in [0.1, 0.15) is 61.1 Å². The van der Waals surface area contributed by atoms with Gasteiger partial charge in [-0.05, 0) is 39.5 Å². The second-order valence-corrected chi connectivity index (χ2v) is 7.95. The van der Waals surface area contributed by atoms with Crippen LogP contribution in [0.25, 0.3) is 0 Å². The van der Waals surface area contributed by atoms with Crippen molar-refractivity contribution in [3.8, 4) is 0 Å². The number of allylic oxidation sites excluding steroid dienone is 1. The van der Waals surface area contributed by atoms with E-state index in [4.69, 9.17) is 0 Å². The molecule has 0 atom stereocenters. The van der Waals surface area contributed by atoms with Gasteiger partial charge in [-0.3, -0.25) is 19.3 Å². The molecule has 0 saturated carbocycles. The quantitative estimate of drug-likeness (QED) is 0.253. The van der Waals surface area contributed by atoms with Crippen molar-refractivity contribution in [2.45, 2.75) is 59.4 Å². The first-order valence-corrected chi connectivity index (χ1v) is 10.8. The maximum absolute atomic E-state index is 13.4. The van der Waals surface area contributed by atoms with E-state index in [9.17, 15) is 14.4 Å². The lowest BCUT2D eigenvalue weighted by Gasteiger charge is -2.30. The predicted octanol–water partition coefficient (Wildman–Crippen LogP) is 4.26. The average Bonchev–Trinajstić information content (AvgIpc) is 2.73. The molecule has 31 heavy (non-hydrogen) atoms. The van der Waals surface area contributed by atoms with E-state index < -0.39 is 5.91 Å². The SMILES string of the molecule is C=CCCCn1c(CCCC)c(C)c(=O)c(C(=O)N(C)CC=C)c1N(C=O)CC(=C)C. The Balaban J connectivity index is 3.95. The molecule has 0 bridgehead atoms. The first kappa shape index (κ1) is 26.1. The zero-order valence-electron chi connectivity index (χ0n) is 19.6. The third kappa shape index (κ3) is 6.54. The van der Waals surface area contributed by atoms with E-state index in [2.05, 4.69) is 26.7 Å². The molecule has 0 N–H and O–H groups in total. The summed E-state index contributed by atoms with van der Waals surface area (Å²) in [5, 5.41) is 0. The normalized spacial score (nSPS) is 10.5. The van der Waals surface area contributed by atoms with Gasteiger partial charge in [0.1, 0.15) is 11.4 Å². The number of hydrogen-bond acceptors (Lipinski definition) is 3. The molecular formula is C25H37N3O3. The first-order chi connectivity index (χ1) is 14.7. The Morgan fingerprint density at radius 1 is 1.19 bits per heavy atom. The molecule has 0 aromatic carbocycles. The standard InChI is InChI=1S/C25H37N3O3/c1-8-11-13-16-28-21(14-12-9-2)20(6)23(30)22(25(31)26(7)15-10-3)24(28)27(18-29)17-19(4)5/h8,10,18H,1,3-4,9,11-17H2,2,5-7H3. The van der Waals surface area contributed by atoms with Crippen molar-refractivity contribution in [3.05, 3.63) is 64.5 Å². The number of aromatic nitrogens is 1. The van der Waals surface area contributed by atoms with Gasteiger partial charge in [0.25, 0.3) is 5.91 Å². The van der Waals surface area contributed by atoms with Crippen molar-refractivity contribution >= 4 is 18.1 Å². The number of rotatable bonds is 14. The van der Waals surface area contributed by atoms with E-state index in [-0.39, 0.29) is 17.5 Å². The van der Waals surface area contributed by atoms with E-state index in [1.54, 1.807) is 20.0 Å². The topological polar surface area (TPSA) is 62.6 Å². The lowest BCUT2D eigenvalue weighted by atomic mass is 10.0. The summed E-state index contributed by atoms with van der Waals surface area (Å²) in [6.45, 7) is 18.2. The first-order valence-electron chi connectivity index (χ1n) is 10.8. The van der Waals surface area contributed by atoms with E-state index in [0.717, 1.165) is 37.0 Å². The Labute approximate surface area is 186 Å². The fourth-order valence-corrected chi connectivity index (χ4v) is 3.60. The summed E-state index contributed by atoms with van der Waals surface area (Å²) in [5.41, 5.74) is 1.89. The summed E-state index contributed by atoms with van der Waals surface area (Å²) < 4.78 is 1.99.